The van der Waals surface area contributed by atoms with E-state index in [9.17, 15) is 9.18 Å². The lowest BCUT2D eigenvalue weighted by Gasteiger charge is -2.23. The number of rotatable bonds is 5. The molecule has 0 bridgehead atoms. The second kappa shape index (κ2) is 7.94. The highest BCUT2D eigenvalue weighted by molar-refractivity contribution is 7.13. The van der Waals surface area contributed by atoms with Crippen molar-refractivity contribution in [2.24, 2.45) is 0 Å². The van der Waals surface area contributed by atoms with Crippen LogP contribution in [0, 0.1) is 5.82 Å². The van der Waals surface area contributed by atoms with E-state index in [0.29, 0.717) is 23.3 Å². The van der Waals surface area contributed by atoms with Gasteiger partial charge in [0.05, 0.1) is 6.54 Å². The van der Waals surface area contributed by atoms with E-state index in [1.54, 1.807) is 0 Å². The van der Waals surface area contributed by atoms with Gasteiger partial charge in [-0.2, -0.15) is 0 Å². The lowest BCUT2D eigenvalue weighted by atomic mass is 10.0. The molecule has 1 N–H and O–H groups in total. The number of anilines is 1. The molecule has 5 nitrogen and oxygen atoms in total. The molecule has 0 radical (unpaired) electrons. The number of nitrogens with one attached hydrogen (secondary N) is 1. The minimum atomic E-state index is -0.343. The van der Waals surface area contributed by atoms with Crippen molar-refractivity contribution in [2.75, 3.05) is 11.9 Å². The van der Waals surface area contributed by atoms with Gasteiger partial charge in [-0.1, -0.05) is 41.7 Å². The Morgan fingerprint density at radius 1 is 1.15 bits per heavy atom. The van der Waals surface area contributed by atoms with Crippen molar-refractivity contribution in [3.8, 4) is 0 Å². The minimum absolute atomic E-state index is 0.310. The fourth-order valence-corrected chi connectivity index (χ4v) is 4.13. The van der Waals surface area contributed by atoms with Gasteiger partial charge >= 0.3 is 0 Å². The lowest BCUT2D eigenvalue weighted by Crippen LogP contribution is -2.22. The number of halogens is 1. The van der Waals surface area contributed by atoms with Crippen LogP contribution in [0.25, 0.3) is 0 Å². The molecule has 1 aliphatic heterocycles. The monoisotopic (exact) mass is 382 g/mol. The molecule has 1 aliphatic rings. The van der Waals surface area contributed by atoms with E-state index in [0.717, 1.165) is 24.4 Å². The first-order valence-corrected chi connectivity index (χ1v) is 9.69. The van der Waals surface area contributed by atoms with Gasteiger partial charge in [-0.3, -0.25) is 9.69 Å². The first-order valence-electron chi connectivity index (χ1n) is 8.87. The molecule has 0 saturated carbocycles. The summed E-state index contributed by atoms with van der Waals surface area (Å²) in [6.45, 7) is 1.69. The summed E-state index contributed by atoms with van der Waals surface area (Å²) in [5.74, 6) is -0.670. The second-order valence-corrected chi connectivity index (χ2v) is 7.56. The van der Waals surface area contributed by atoms with Crippen LogP contribution in [0.4, 0.5) is 10.1 Å². The van der Waals surface area contributed by atoms with Crippen LogP contribution >= 0.6 is 11.3 Å². The molecule has 138 valence electrons. The number of nitrogens with zero attached hydrogens (tertiary/aromatic N) is 3. The van der Waals surface area contributed by atoms with Gasteiger partial charge in [-0.15, -0.1) is 10.2 Å². The summed E-state index contributed by atoms with van der Waals surface area (Å²) in [5.41, 5.74) is 1.84. The summed E-state index contributed by atoms with van der Waals surface area (Å²) >= 11 is 1.30. The van der Waals surface area contributed by atoms with E-state index >= 15 is 0 Å². The van der Waals surface area contributed by atoms with Gasteiger partial charge in [0.25, 0.3) is 5.91 Å². The van der Waals surface area contributed by atoms with Gasteiger partial charge < -0.3 is 5.32 Å². The van der Waals surface area contributed by atoms with Crippen LogP contribution in [-0.2, 0) is 6.54 Å². The molecule has 0 spiro atoms. The molecule has 27 heavy (non-hydrogen) atoms. The van der Waals surface area contributed by atoms with E-state index in [4.69, 9.17) is 0 Å². The van der Waals surface area contributed by atoms with E-state index in [1.165, 1.54) is 41.2 Å². The fourth-order valence-electron chi connectivity index (χ4n) is 3.37. The lowest BCUT2D eigenvalue weighted by molar-refractivity contribution is 0.102. The Hall–Kier alpha value is -2.64. The largest absolute Gasteiger partial charge is 0.320 e. The van der Waals surface area contributed by atoms with Crippen molar-refractivity contribution in [3.05, 3.63) is 76.0 Å². The summed E-state index contributed by atoms with van der Waals surface area (Å²) in [6.07, 6.45) is 2.27. The van der Waals surface area contributed by atoms with E-state index in [-0.39, 0.29) is 11.7 Å². The number of carbonyl (C=O) groups is 1. The molecule has 1 aromatic heterocycles. The van der Waals surface area contributed by atoms with Crippen LogP contribution in [0.2, 0.25) is 0 Å². The van der Waals surface area contributed by atoms with Gasteiger partial charge in [0.2, 0.25) is 5.01 Å². The SMILES string of the molecule is O=C(Nc1ccc(F)cc1)c1nnc(CN2CCC[C@H]2c2ccccc2)s1. The minimum Gasteiger partial charge on any atom is -0.320 e. The molecule has 1 amide bonds. The summed E-state index contributed by atoms with van der Waals surface area (Å²) in [7, 11) is 0. The van der Waals surface area contributed by atoms with Crippen molar-refractivity contribution >= 4 is 22.9 Å². The Balaban J connectivity index is 1.41. The summed E-state index contributed by atoms with van der Waals surface area (Å²) < 4.78 is 13.0. The zero-order chi connectivity index (χ0) is 18.6. The Bertz CT molecular complexity index is 913. The number of amides is 1. The molecule has 7 heteroatoms. The Kier molecular flexibility index (Phi) is 5.22. The molecule has 2 heterocycles. The summed E-state index contributed by atoms with van der Waals surface area (Å²) in [4.78, 5) is 14.7. The van der Waals surface area contributed by atoms with Crippen LogP contribution in [0.1, 0.15) is 39.3 Å². The molecule has 4 rings (SSSR count). The van der Waals surface area contributed by atoms with Gasteiger partial charge in [-0.05, 0) is 49.2 Å². The third-order valence-electron chi connectivity index (χ3n) is 4.65. The fraction of sp³-hybridized carbons (Fsp3) is 0.250. The highest BCUT2D eigenvalue weighted by Gasteiger charge is 2.27. The van der Waals surface area contributed by atoms with Gasteiger partial charge in [0.15, 0.2) is 0 Å². The van der Waals surface area contributed by atoms with E-state index < -0.39 is 0 Å². The maximum Gasteiger partial charge on any atom is 0.286 e. The number of benzene rings is 2. The van der Waals surface area contributed by atoms with Crippen molar-refractivity contribution in [2.45, 2.75) is 25.4 Å². The smallest absolute Gasteiger partial charge is 0.286 e. The van der Waals surface area contributed by atoms with Crippen molar-refractivity contribution in [1.29, 1.82) is 0 Å². The standard InChI is InChI=1S/C20H19FN4OS/c21-15-8-10-16(11-9-15)22-19(26)20-24-23-18(27-20)13-25-12-4-7-17(25)14-5-2-1-3-6-14/h1-3,5-6,8-11,17H,4,7,12-13H2,(H,22,26)/t17-/m0/s1. The molecule has 1 saturated heterocycles. The average molecular weight is 382 g/mol. The van der Waals surface area contributed by atoms with Crippen LogP contribution in [0.15, 0.2) is 54.6 Å². The van der Waals surface area contributed by atoms with Gasteiger partial charge in [0, 0.05) is 11.7 Å². The van der Waals surface area contributed by atoms with Gasteiger partial charge in [0.1, 0.15) is 10.8 Å². The molecule has 0 unspecified atom stereocenters. The molecule has 0 aliphatic carbocycles. The zero-order valence-electron chi connectivity index (χ0n) is 14.6. The Labute approximate surface area is 160 Å². The molecular formula is C20H19FN4OS. The van der Waals surface area contributed by atoms with Crippen LogP contribution in [0.3, 0.4) is 0 Å². The molecular weight excluding hydrogens is 363 g/mol. The third kappa shape index (κ3) is 4.20. The molecule has 3 aromatic rings. The Morgan fingerprint density at radius 2 is 1.93 bits per heavy atom. The highest BCUT2D eigenvalue weighted by Crippen LogP contribution is 2.33. The highest BCUT2D eigenvalue weighted by atomic mass is 32.1. The maximum absolute atomic E-state index is 13.0. The topological polar surface area (TPSA) is 58.1 Å². The van der Waals surface area contributed by atoms with Crippen molar-refractivity contribution < 1.29 is 9.18 Å². The first kappa shape index (κ1) is 17.8. The van der Waals surface area contributed by atoms with Crippen molar-refractivity contribution in [3.63, 3.8) is 0 Å². The van der Waals surface area contributed by atoms with Crippen molar-refractivity contribution in [1.82, 2.24) is 15.1 Å². The number of likely N-dealkylation sites (tertiary alicyclic amines) is 1. The number of hydrogen-bond donors (Lipinski definition) is 1. The normalized spacial score (nSPS) is 17.1. The van der Waals surface area contributed by atoms with Crippen LogP contribution < -0.4 is 5.32 Å². The van der Waals surface area contributed by atoms with Crippen LogP contribution in [0.5, 0.6) is 0 Å². The Morgan fingerprint density at radius 3 is 2.70 bits per heavy atom. The number of hydrogen-bond acceptors (Lipinski definition) is 5. The van der Waals surface area contributed by atoms with E-state index in [1.807, 2.05) is 6.07 Å². The van der Waals surface area contributed by atoms with Crippen LogP contribution in [-0.4, -0.2) is 27.5 Å². The average Bonchev–Trinajstić information content (AvgIpc) is 3.34. The van der Waals surface area contributed by atoms with E-state index in [2.05, 4.69) is 44.7 Å². The van der Waals surface area contributed by atoms with Gasteiger partial charge in [-0.25, -0.2) is 4.39 Å². The quantitative estimate of drug-likeness (QED) is 0.716. The molecule has 1 fully saturated rings. The maximum atomic E-state index is 13.0. The zero-order valence-corrected chi connectivity index (χ0v) is 15.5. The number of carbonyl (C=O) groups excluding carboxylic acids is 1. The predicted octanol–water partition coefficient (Wildman–Crippen LogP) is 4.27. The summed E-state index contributed by atoms with van der Waals surface area (Å²) in [5, 5.41) is 12.1. The molecule has 1 atom stereocenters. The third-order valence-corrected chi connectivity index (χ3v) is 5.56. The predicted molar refractivity (Wildman–Crippen MR) is 103 cm³/mol. The second-order valence-electron chi connectivity index (χ2n) is 6.50. The molecule has 2 aromatic carbocycles. The number of aromatic nitrogens is 2. The first-order chi connectivity index (χ1) is 13.2. The summed E-state index contributed by atoms with van der Waals surface area (Å²) in [6, 6.07) is 16.5.